The van der Waals surface area contributed by atoms with Gasteiger partial charge in [0.15, 0.2) is 5.84 Å². The molecule has 7 heteroatoms. The van der Waals surface area contributed by atoms with Crippen molar-refractivity contribution in [3.05, 3.63) is 6.20 Å². The Balaban J connectivity index is 2.36. The van der Waals surface area contributed by atoms with Gasteiger partial charge in [0, 0.05) is 14.1 Å². The predicted octanol–water partition coefficient (Wildman–Crippen LogP) is -0.0167. The van der Waals surface area contributed by atoms with Gasteiger partial charge in [0.2, 0.25) is 0 Å². The van der Waals surface area contributed by atoms with E-state index in [1.165, 1.54) is 15.9 Å². The average molecular weight is 205 g/mol. The zero-order valence-corrected chi connectivity index (χ0v) is 8.47. The van der Waals surface area contributed by atoms with Crippen LogP contribution in [0.25, 0.3) is 0 Å². The summed E-state index contributed by atoms with van der Waals surface area (Å²) in [6.07, 6.45) is 3.08. The lowest BCUT2D eigenvalue weighted by Gasteiger charge is -2.04. The van der Waals surface area contributed by atoms with Crippen molar-refractivity contribution in [2.24, 2.45) is 17.1 Å². The molecule has 0 radical (unpaired) electrons. The molecule has 1 aromatic heterocycles. The van der Waals surface area contributed by atoms with E-state index in [1.54, 1.807) is 20.3 Å². The van der Waals surface area contributed by atoms with E-state index >= 15 is 0 Å². The van der Waals surface area contributed by atoms with E-state index < -0.39 is 0 Å². The van der Waals surface area contributed by atoms with Crippen LogP contribution in [0.15, 0.2) is 16.3 Å². The zero-order chi connectivity index (χ0) is 11.0. The van der Waals surface area contributed by atoms with Crippen molar-refractivity contribution in [1.29, 1.82) is 5.41 Å². The highest BCUT2D eigenvalue weighted by Crippen LogP contribution is 2.20. The minimum absolute atomic E-state index is 0.248. The highest BCUT2D eigenvalue weighted by Gasteiger charge is 2.17. The van der Waals surface area contributed by atoms with Crippen molar-refractivity contribution in [3.63, 3.8) is 0 Å². The van der Waals surface area contributed by atoms with Crippen LogP contribution in [0.5, 0.6) is 0 Å². The number of hydrogen-bond acceptors (Lipinski definition) is 5. The Morgan fingerprint density at radius 3 is 2.67 bits per heavy atom. The van der Waals surface area contributed by atoms with Gasteiger partial charge >= 0.3 is 0 Å². The van der Waals surface area contributed by atoms with Crippen LogP contribution in [0.4, 0.5) is 11.5 Å². The first kappa shape index (κ1) is 9.38. The van der Waals surface area contributed by atoms with Crippen LogP contribution in [0.1, 0.15) is 0 Å². The minimum atomic E-state index is 0.248. The Hall–Kier alpha value is -2.18. The molecule has 78 valence electrons. The molecule has 0 spiro atoms. The number of hydrogen-bond donors (Lipinski definition) is 2. The van der Waals surface area contributed by atoms with Crippen LogP contribution >= 0.6 is 0 Å². The van der Waals surface area contributed by atoms with Crippen LogP contribution < -0.4 is 5.73 Å². The summed E-state index contributed by atoms with van der Waals surface area (Å²) in [6, 6.07) is 0. The van der Waals surface area contributed by atoms with Gasteiger partial charge in [-0.3, -0.25) is 10.1 Å². The number of hydrazone groups is 1. The molecule has 7 nitrogen and oxygen atoms in total. The van der Waals surface area contributed by atoms with Crippen molar-refractivity contribution < 1.29 is 0 Å². The third-order valence-electron chi connectivity index (χ3n) is 2.12. The van der Waals surface area contributed by atoms with E-state index in [9.17, 15) is 0 Å². The van der Waals surface area contributed by atoms with Crippen molar-refractivity contribution in [2.45, 2.75) is 0 Å². The molecule has 0 fully saturated rings. The molecule has 0 bridgehead atoms. The zero-order valence-electron chi connectivity index (χ0n) is 8.47. The molecule has 0 saturated carbocycles. The van der Waals surface area contributed by atoms with Crippen LogP contribution in [0.3, 0.4) is 0 Å². The molecule has 2 heterocycles. The molecule has 1 aromatic rings. The van der Waals surface area contributed by atoms with E-state index in [1.807, 2.05) is 0 Å². The number of nitrogens with zero attached hydrogens (tertiary/aromatic N) is 5. The predicted molar refractivity (Wildman–Crippen MR) is 58.7 cm³/mol. The lowest BCUT2D eigenvalue weighted by molar-refractivity contribution is 0.560. The highest BCUT2D eigenvalue weighted by atomic mass is 15.5. The van der Waals surface area contributed by atoms with Crippen LogP contribution in [-0.4, -0.2) is 39.6 Å². The third kappa shape index (κ3) is 1.47. The van der Waals surface area contributed by atoms with E-state index in [0.29, 0.717) is 17.2 Å². The number of aliphatic imine (C=N–C) groups is 1. The molecule has 15 heavy (non-hydrogen) atoms. The average Bonchev–Trinajstić information content (AvgIpc) is 2.68. The maximum absolute atomic E-state index is 7.64. The summed E-state index contributed by atoms with van der Waals surface area (Å²) in [5.41, 5.74) is 6.76. The van der Waals surface area contributed by atoms with Crippen molar-refractivity contribution in [2.75, 3.05) is 12.8 Å². The Morgan fingerprint density at radius 1 is 1.47 bits per heavy atom. The number of aryl methyl sites for hydroxylation is 1. The first-order valence-electron chi connectivity index (χ1n) is 4.32. The number of amidine groups is 1. The van der Waals surface area contributed by atoms with Gasteiger partial charge in [-0.1, -0.05) is 0 Å². The lowest BCUT2D eigenvalue weighted by atomic mass is 10.3. The van der Waals surface area contributed by atoms with Crippen molar-refractivity contribution >= 4 is 29.3 Å². The number of anilines is 1. The summed E-state index contributed by atoms with van der Waals surface area (Å²) in [7, 11) is 3.42. The Kier molecular flexibility index (Phi) is 2.00. The molecule has 1 aliphatic rings. The minimum Gasteiger partial charge on any atom is -0.382 e. The van der Waals surface area contributed by atoms with Crippen LogP contribution in [-0.2, 0) is 7.05 Å². The van der Waals surface area contributed by atoms with Crippen LogP contribution in [0, 0.1) is 5.41 Å². The van der Waals surface area contributed by atoms with Gasteiger partial charge in [0.05, 0.1) is 12.4 Å². The van der Waals surface area contributed by atoms with Gasteiger partial charge in [0.25, 0.3) is 0 Å². The number of nitrogens with two attached hydrogens (primary N) is 1. The molecule has 1 aliphatic heterocycles. The standard InChI is InChI=1S/C8H11N7/c1-14-7(9)5(3-11-14)13-6-4-12-15(2)8(6)10/h3-4,9H,10H2,1-2H3. The quantitative estimate of drug-likeness (QED) is 0.674. The summed E-state index contributed by atoms with van der Waals surface area (Å²) < 4.78 is 1.53. The van der Waals surface area contributed by atoms with Gasteiger partial charge in [-0.05, 0) is 0 Å². The van der Waals surface area contributed by atoms with Crippen molar-refractivity contribution in [3.8, 4) is 0 Å². The fourth-order valence-corrected chi connectivity index (χ4v) is 1.16. The fraction of sp³-hybridized carbons (Fsp3) is 0.250. The number of nitrogens with one attached hydrogen (secondary N) is 1. The Morgan fingerprint density at radius 2 is 2.20 bits per heavy atom. The monoisotopic (exact) mass is 205 g/mol. The molecule has 0 atom stereocenters. The van der Waals surface area contributed by atoms with Gasteiger partial charge in [-0.2, -0.15) is 10.2 Å². The normalized spacial score (nSPS) is 18.1. The maximum atomic E-state index is 7.64. The molecule has 2 rings (SSSR count). The Labute approximate surface area is 86.4 Å². The summed E-state index contributed by atoms with van der Waals surface area (Å²) in [5, 5.41) is 17.0. The smallest absolute Gasteiger partial charge is 0.169 e. The molecule has 0 saturated heterocycles. The van der Waals surface area contributed by atoms with Gasteiger partial charge in [-0.15, -0.1) is 0 Å². The second-order valence-electron chi connectivity index (χ2n) is 3.15. The van der Waals surface area contributed by atoms with Gasteiger partial charge < -0.3 is 5.73 Å². The third-order valence-corrected chi connectivity index (χ3v) is 2.12. The molecular formula is C8H11N7. The van der Waals surface area contributed by atoms with Gasteiger partial charge in [-0.25, -0.2) is 10.0 Å². The number of nitrogen functional groups attached to an aromatic ring is 1. The molecule has 0 aromatic carbocycles. The topological polar surface area (TPSA) is 95.7 Å². The second-order valence-corrected chi connectivity index (χ2v) is 3.15. The lowest BCUT2D eigenvalue weighted by Crippen LogP contribution is -2.21. The van der Waals surface area contributed by atoms with Crippen molar-refractivity contribution in [1.82, 2.24) is 14.8 Å². The number of rotatable bonds is 1. The molecule has 0 unspecified atom stereocenters. The summed E-state index contributed by atoms with van der Waals surface area (Å²) in [5.74, 6) is 0.719. The summed E-state index contributed by atoms with van der Waals surface area (Å²) >= 11 is 0. The van der Waals surface area contributed by atoms with E-state index in [2.05, 4.69) is 15.2 Å². The number of aromatic nitrogens is 2. The summed E-state index contributed by atoms with van der Waals surface area (Å²) in [6.45, 7) is 0. The highest BCUT2D eigenvalue weighted by molar-refractivity contribution is 6.63. The van der Waals surface area contributed by atoms with Crippen LogP contribution in [0.2, 0.25) is 0 Å². The first-order chi connectivity index (χ1) is 7.09. The Bertz CT molecular complexity index is 467. The first-order valence-corrected chi connectivity index (χ1v) is 4.32. The summed E-state index contributed by atoms with van der Waals surface area (Å²) in [4.78, 5) is 4.20. The van der Waals surface area contributed by atoms with E-state index in [0.717, 1.165) is 0 Å². The van der Waals surface area contributed by atoms with Gasteiger partial charge in [0.1, 0.15) is 17.2 Å². The largest absolute Gasteiger partial charge is 0.382 e. The van der Waals surface area contributed by atoms with E-state index in [4.69, 9.17) is 11.1 Å². The molecule has 3 N–H and O–H groups in total. The molecular weight excluding hydrogens is 194 g/mol. The maximum Gasteiger partial charge on any atom is 0.169 e. The molecule has 0 aliphatic carbocycles. The SMILES string of the molecule is CN1N=CC(=Nc2cnn(C)c2N)C1=N. The second kappa shape index (κ2) is 3.19. The molecule has 0 amide bonds. The fourth-order valence-electron chi connectivity index (χ4n) is 1.16. The van der Waals surface area contributed by atoms with E-state index in [-0.39, 0.29) is 5.84 Å².